The number of benzene rings is 1. The molecule has 0 saturated carbocycles. The molecule has 2 N–H and O–H groups in total. The van der Waals surface area contributed by atoms with Gasteiger partial charge in [0.15, 0.2) is 11.6 Å². The molecule has 8 heteroatoms. The van der Waals surface area contributed by atoms with E-state index in [0.717, 1.165) is 56.7 Å². The van der Waals surface area contributed by atoms with Crippen molar-refractivity contribution < 1.29 is 18.4 Å². The summed E-state index contributed by atoms with van der Waals surface area (Å²) in [6.07, 6.45) is 4.80. The van der Waals surface area contributed by atoms with Crippen LogP contribution in [0.15, 0.2) is 53.9 Å². The van der Waals surface area contributed by atoms with Crippen LogP contribution in [-0.2, 0) is 9.59 Å². The van der Waals surface area contributed by atoms with Gasteiger partial charge in [-0.05, 0) is 75.6 Å². The number of hydrogen-bond acceptors (Lipinski definition) is 4. The van der Waals surface area contributed by atoms with E-state index in [2.05, 4.69) is 26.6 Å². The summed E-state index contributed by atoms with van der Waals surface area (Å²) in [4.78, 5) is 31.9. The Hall–Kier alpha value is -3.13. The summed E-state index contributed by atoms with van der Waals surface area (Å²) < 4.78 is 27.2. The zero-order valence-corrected chi connectivity index (χ0v) is 19.3. The molecule has 0 radical (unpaired) electrons. The van der Waals surface area contributed by atoms with Gasteiger partial charge in [-0.3, -0.25) is 14.6 Å². The van der Waals surface area contributed by atoms with Gasteiger partial charge in [0.2, 0.25) is 11.8 Å². The average molecular weight is 469 g/mol. The lowest BCUT2D eigenvalue weighted by Crippen LogP contribution is -2.39. The Kier molecular flexibility index (Phi) is 7.67. The molecule has 1 unspecified atom stereocenters. The monoisotopic (exact) mass is 468 g/mol. The number of carbonyl (C=O) groups excluding carboxylic acids is 2. The molecular weight excluding hydrogens is 438 g/mol. The van der Waals surface area contributed by atoms with Gasteiger partial charge in [0.05, 0.1) is 0 Å². The molecule has 0 bridgehead atoms. The summed E-state index contributed by atoms with van der Waals surface area (Å²) in [6, 6.07) is 9.58. The van der Waals surface area contributed by atoms with Crippen LogP contribution < -0.4 is 10.6 Å². The van der Waals surface area contributed by atoms with Crippen LogP contribution in [-0.4, -0.2) is 47.9 Å². The Morgan fingerprint density at radius 2 is 1.97 bits per heavy atom. The molecule has 2 aliphatic rings. The lowest BCUT2D eigenvalue weighted by molar-refractivity contribution is -0.121. The van der Waals surface area contributed by atoms with Crippen LogP contribution in [0, 0.1) is 11.6 Å². The van der Waals surface area contributed by atoms with Gasteiger partial charge in [0.1, 0.15) is 0 Å². The molecule has 180 valence electrons. The standard InChI is InChI=1S/C26H30F2N4O2/c1-17-25(20(16-24(33)31-17)19-6-7-21(27)22(28)15-19)26(34)30-11-4-12-32-13-8-18(9-14-32)23-5-2-3-10-29-23/h2-3,5-7,10,15,18,20H,4,8-9,11-14,16H2,1H3,(H,30,34)(H,31,33). The van der Waals surface area contributed by atoms with E-state index >= 15 is 0 Å². The lowest BCUT2D eigenvalue weighted by atomic mass is 9.84. The molecule has 1 atom stereocenters. The first-order chi connectivity index (χ1) is 16.4. The molecule has 0 aliphatic carbocycles. The normalized spacial score (nSPS) is 19.7. The van der Waals surface area contributed by atoms with Crippen LogP contribution in [0.2, 0.25) is 0 Å². The van der Waals surface area contributed by atoms with E-state index in [0.29, 0.717) is 29.3 Å². The molecule has 1 aromatic carbocycles. The van der Waals surface area contributed by atoms with Crippen molar-refractivity contribution >= 4 is 11.8 Å². The number of allylic oxidation sites excluding steroid dienone is 1. The van der Waals surface area contributed by atoms with Crippen LogP contribution >= 0.6 is 0 Å². The van der Waals surface area contributed by atoms with Gasteiger partial charge in [-0.15, -0.1) is 0 Å². The van der Waals surface area contributed by atoms with Crippen LogP contribution in [0.4, 0.5) is 8.78 Å². The largest absolute Gasteiger partial charge is 0.352 e. The zero-order valence-electron chi connectivity index (χ0n) is 19.3. The van der Waals surface area contributed by atoms with Crippen LogP contribution in [0.1, 0.15) is 55.7 Å². The fourth-order valence-electron chi connectivity index (χ4n) is 4.89. The Bertz CT molecular complexity index is 1070. The highest BCUT2D eigenvalue weighted by atomic mass is 19.2. The third-order valence-corrected chi connectivity index (χ3v) is 6.69. The van der Waals surface area contributed by atoms with Crippen molar-refractivity contribution in [3.63, 3.8) is 0 Å². The van der Waals surface area contributed by atoms with Gasteiger partial charge in [-0.2, -0.15) is 0 Å². The van der Waals surface area contributed by atoms with E-state index in [4.69, 9.17) is 0 Å². The maximum atomic E-state index is 13.8. The molecule has 1 fully saturated rings. The number of nitrogens with zero attached hydrogens (tertiary/aromatic N) is 2. The second-order valence-electron chi connectivity index (χ2n) is 9.00. The molecule has 2 aromatic rings. The summed E-state index contributed by atoms with van der Waals surface area (Å²) >= 11 is 0. The SMILES string of the molecule is CC1=C(C(=O)NCCCN2CCC(c3ccccn3)CC2)C(c2ccc(F)c(F)c2)CC(=O)N1. The summed E-state index contributed by atoms with van der Waals surface area (Å²) in [5.41, 5.74) is 2.41. The summed E-state index contributed by atoms with van der Waals surface area (Å²) in [7, 11) is 0. The van der Waals surface area contributed by atoms with Crippen LogP contribution in [0.25, 0.3) is 0 Å². The Morgan fingerprint density at radius 3 is 2.68 bits per heavy atom. The molecule has 1 aromatic heterocycles. The van der Waals surface area contributed by atoms with Crippen molar-refractivity contribution in [1.29, 1.82) is 0 Å². The van der Waals surface area contributed by atoms with E-state index in [9.17, 15) is 18.4 Å². The molecule has 2 amide bonds. The number of halogens is 2. The Balaban J connectivity index is 1.29. The maximum absolute atomic E-state index is 13.8. The second kappa shape index (κ2) is 10.9. The van der Waals surface area contributed by atoms with Gasteiger partial charge >= 0.3 is 0 Å². The highest BCUT2D eigenvalue weighted by molar-refractivity contribution is 5.99. The van der Waals surface area contributed by atoms with Crippen molar-refractivity contribution in [3.8, 4) is 0 Å². The van der Waals surface area contributed by atoms with E-state index in [1.54, 1.807) is 6.92 Å². The first kappa shape index (κ1) is 24.0. The van der Waals surface area contributed by atoms with E-state index in [1.165, 1.54) is 6.07 Å². The number of amides is 2. The van der Waals surface area contributed by atoms with Crippen molar-refractivity contribution in [2.24, 2.45) is 0 Å². The number of likely N-dealkylation sites (tertiary alicyclic amines) is 1. The van der Waals surface area contributed by atoms with Gasteiger partial charge in [0.25, 0.3) is 0 Å². The molecule has 0 spiro atoms. The summed E-state index contributed by atoms with van der Waals surface area (Å²) in [6.45, 7) is 5.04. The molecule has 3 heterocycles. The molecule has 34 heavy (non-hydrogen) atoms. The predicted octanol–water partition coefficient (Wildman–Crippen LogP) is 3.62. The Morgan fingerprint density at radius 1 is 1.18 bits per heavy atom. The van der Waals surface area contributed by atoms with E-state index in [1.807, 2.05) is 18.3 Å². The molecule has 6 nitrogen and oxygen atoms in total. The van der Waals surface area contributed by atoms with Crippen LogP contribution in [0.5, 0.6) is 0 Å². The van der Waals surface area contributed by atoms with Crippen molar-refractivity contribution in [1.82, 2.24) is 20.5 Å². The number of nitrogens with one attached hydrogen (secondary N) is 2. The predicted molar refractivity (Wildman–Crippen MR) is 125 cm³/mol. The topological polar surface area (TPSA) is 74.3 Å². The number of piperidine rings is 1. The van der Waals surface area contributed by atoms with Crippen molar-refractivity contribution in [2.45, 2.75) is 44.4 Å². The van der Waals surface area contributed by atoms with Gasteiger partial charge < -0.3 is 15.5 Å². The molecular formula is C26H30F2N4O2. The lowest BCUT2D eigenvalue weighted by Gasteiger charge is -2.31. The van der Waals surface area contributed by atoms with Crippen molar-refractivity contribution in [2.75, 3.05) is 26.2 Å². The minimum atomic E-state index is -0.993. The van der Waals surface area contributed by atoms with E-state index in [-0.39, 0.29) is 18.2 Å². The average Bonchev–Trinajstić information content (AvgIpc) is 2.84. The number of pyridine rings is 1. The van der Waals surface area contributed by atoms with Gasteiger partial charge in [-0.25, -0.2) is 8.78 Å². The maximum Gasteiger partial charge on any atom is 0.249 e. The second-order valence-corrected chi connectivity index (χ2v) is 9.00. The highest BCUT2D eigenvalue weighted by Gasteiger charge is 2.32. The summed E-state index contributed by atoms with van der Waals surface area (Å²) in [5.74, 6) is -2.61. The molecule has 2 aliphatic heterocycles. The number of aromatic nitrogens is 1. The third-order valence-electron chi connectivity index (χ3n) is 6.69. The highest BCUT2D eigenvalue weighted by Crippen LogP contribution is 2.33. The third kappa shape index (κ3) is 5.67. The Labute approximate surface area is 198 Å². The quantitative estimate of drug-likeness (QED) is 0.609. The fourth-order valence-corrected chi connectivity index (χ4v) is 4.89. The number of hydrogen-bond donors (Lipinski definition) is 2. The smallest absolute Gasteiger partial charge is 0.249 e. The number of carbonyl (C=O) groups is 2. The fraction of sp³-hybridized carbons (Fsp3) is 0.423. The molecule has 1 saturated heterocycles. The van der Waals surface area contributed by atoms with Gasteiger partial charge in [-0.1, -0.05) is 12.1 Å². The number of rotatable bonds is 7. The van der Waals surface area contributed by atoms with Crippen molar-refractivity contribution in [3.05, 3.63) is 76.8 Å². The summed E-state index contributed by atoms with van der Waals surface area (Å²) in [5, 5.41) is 5.64. The first-order valence-corrected chi connectivity index (χ1v) is 11.8. The molecule has 4 rings (SSSR count). The van der Waals surface area contributed by atoms with Gasteiger partial charge in [0, 0.05) is 48.0 Å². The van der Waals surface area contributed by atoms with E-state index < -0.39 is 17.6 Å². The zero-order chi connectivity index (χ0) is 24.1. The minimum Gasteiger partial charge on any atom is -0.352 e. The minimum absolute atomic E-state index is 0.0103. The van der Waals surface area contributed by atoms with Crippen LogP contribution in [0.3, 0.4) is 0 Å². The first-order valence-electron chi connectivity index (χ1n) is 11.8.